The molecule has 1 aromatic carbocycles. The Balaban J connectivity index is 2.02. The number of benzene rings is 1. The number of anilines is 1. The number of nitrogens with zero attached hydrogens (tertiary/aromatic N) is 2. The zero-order valence-corrected chi connectivity index (χ0v) is 13.3. The van der Waals surface area contributed by atoms with E-state index in [0.717, 1.165) is 12.1 Å². The van der Waals surface area contributed by atoms with E-state index >= 15 is 0 Å². The summed E-state index contributed by atoms with van der Waals surface area (Å²) in [6.07, 6.45) is -0.883. The predicted molar refractivity (Wildman–Crippen MR) is 86.8 cm³/mol. The molecule has 0 spiro atoms. The topological polar surface area (TPSA) is 53.4 Å². The lowest BCUT2D eigenvalue weighted by Crippen LogP contribution is -2.35. The number of hydrogen-bond acceptors (Lipinski definition) is 3. The first-order valence-corrected chi connectivity index (χ1v) is 7.69. The second kappa shape index (κ2) is 6.23. The van der Waals surface area contributed by atoms with E-state index in [1.54, 1.807) is 18.3 Å². The van der Waals surface area contributed by atoms with Gasteiger partial charge in [-0.15, -0.1) is 0 Å². The summed E-state index contributed by atoms with van der Waals surface area (Å²) in [4.78, 5) is 17.9. The first-order chi connectivity index (χ1) is 11.8. The Morgan fingerprint density at radius 1 is 1.20 bits per heavy atom. The Labute approximate surface area is 142 Å². The summed E-state index contributed by atoms with van der Waals surface area (Å²) in [7, 11) is 0. The number of aliphatic hydroxyl groups is 1. The maximum atomic E-state index is 12.7. The maximum Gasteiger partial charge on any atom is 0.416 e. The number of aromatic nitrogens is 1. The van der Waals surface area contributed by atoms with Crippen molar-refractivity contribution in [1.29, 1.82) is 0 Å². The van der Waals surface area contributed by atoms with Gasteiger partial charge < -0.3 is 5.11 Å². The van der Waals surface area contributed by atoms with Crippen molar-refractivity contribution < 1.29 is 23.1 Å². The molecular formula is C18H15F3N2O2. The molecule has 2 aromatic rings. The Bertz CT molecular complexity index is 814. The number of carbonyl (C=O) groups is 1. The lowest BCUT2D eigenvalue weighted by Gasteiger charge is -2.25. The molecule has 0 bridgehead atoms. The van der Waals surface area contributed by atoms with Gasteiger partial charge in [0.15, 0.2) is 5.76 Å². The molecule has 3 rings (SSSR count). The Hall–Kier alpha value is -2.83. The molecule has 25 heavy (non-hydrogen) atoms. The maximum absolute atomic E-state index is 12.7. The zero-order chi connectivity index (χ0) is 18.2. The minimum absolute atomic E-state index is 0.324. The van der Waals surface area contributed by atoms with E-state index in [9.17, 15) is 23.1 Å². The van der Waals surface area contributed by atoms with Crippen molar-refractivity contribution >= 4 is 17.2 Å². The van der Waals surface area contributed by atoms with Gasteiger partial charge in [-0.25, -0.2) is 0 Å². The average molecular weight is 348 g/mol. The SMILES string of the molecule is CCC1C(c2ccc(C(F)(F)F)cc2)=C(O)C(=O)N1c1cccnc1. The largest absolute Gasteiger partial charge is 0.503 e. The number of alkyl halides is 3. The van der Waals surface area contributed by atoms with Crippen molar-refractivity contribution in [2.75, 3.05) is 4.90 Å². The monoisotopic (exact) mass is 348 g/mol. The van der Waals surface area contributed by atoms with Crippen molar-refractivity contribution in [3.63, 3.8) is 0 Å². The van der Waals surface area contributed by atoms with E-state index in [4.69, 9.17) is 0 Å². The summed E-state index contributed by atoms with van der Waals surface area (Å²) in [5.74, 6) is -1.04. The second-order valence-corrected chi connectivity index (χ2v) is 5.65. The average Bonchev–Trinajstić information content (AvgIpc) is 2.86. The van der Waals surface area contributed by atoms with Gasteiger partial charge in [-0.3, -0.25) is 14.7 Å². The Morgan fingerprint density at radius 2 is 1.88 bits per heavy atom. The molecule has 0 aliphatic carbocycles. The van der Waals surface area contributed by atoms with Gasteiger partial charge in [0.05, 0.1) is 23.5 Å². The highest BCUT2D eigenvalue weighted by Gasteiger charge is 2.40. The fourth-order valence-electron chi connectivity index (χ4n) is 3.01. The lowest BCUT2D eigenvalue weighted by atomic mass is 9.96. The van der Waals surface area contributed by atoms with Crippen molar-refractivity contribution in [1.82, 2.24) is 4.98 Å². The Morgan fingerprint density at radius 3 is 2.40 bits per heavy atom. The van der Waals surface area contributed by atoms with Gasteiger partial charge >= 0.3 is 6.18 Å². The van der Waals surface area contributed by atoms with E-state index in [-0.39, 0.29) is 0 Å². The van der Waals surface area contributed by atoms with E-state index in [2.05, 4.69) is 4.98 Å². The number of hydrogen-bond donors (Lipinski definition) is 1. The molecule has 0 saturated heterocycles. The van der Waals surface area contributed by atoms with Gasteiger partial charge in [0, 0.05) is 11.8 Å². The van der Waals surface area contributed by atoms with Crippen molar-refractivity contribution in [2.24, 2.45) is 0 Å². The number of carbonyl (C=O) groups excluding carboxylic acids is 1. The Kier molecular flexibility index (Phi) is 4.24. The zero-order valence-electron chi connectivity index (χ0n) is 13.3. The molecule has 1 aliphatic heterocycles. The van der Waals surface area contributed by atoms with Gasteiger partial charge in [-0.05, 0) is 36.2 Å². The van der Waals surface area contributed by atoms with Crippen molar-refractivity contribution in [3.8, 4) is 0 Å². The number of halogens is 3. The molecule has 0 radical (unpaired) electrons. The molecule has 0 saturated carbocycles. The minimum atomic E-state index is -4.44. The summed E-state index contributed by atoms with van der Waals surface area (Å²) in [6.45, 7) is 1.84. The highest BCUT2D eigenvalue weighted by Crippen LogP contribution is 2.38. The lowest BCUT2D eigenvalue weighted by molar-refractivity contribution is -0.137. The third-order valence-corrected chi connectivity index (χ3v) is 4.16. The highest BCUT2D eigenvalue weighted by molar-refractivity contribution is 6.15. The normalized spacial score (nSPS) is 18.2. The third-order valence-electron chi connectivity index (χ3n) is 4.16. The number of pyridine rings is 1. The number of aliphatic hydroxyl groups excluding tert-OH is 1. The summed E-state index contributed by atoms with van der Waals surface area (Å²) in [5, 5.41) is 10.3. The summed E-state index contributed by atoms with van der Waals surface area (Å²) in [6, 6.07) is 7.32. The number of rotatable bonds is 3. The van der Waals surface area contributed by atoms with Crippen LogP contribution < -0.4 is 4.90 Å². The van der Waals surface area contributed by atoms with E-state index in [1.165, 1.54) is 23.2 Å². The van der Waals surface area contributed by atoms with Crippen LogP contribution >= 0.6 is 0 Å². The molecule has 4 nitrogen and oxygen atoms in total. The van der Waals surface area contributed by atoms with Crippen LogP contribution in [0, 0.1) is 0 Å². The first-order valence-electron chi connectivity index (χ1n) is 7.69. The molecule has 1 atom stereocenters. The van der Waals surface area contributed by atoms with Gasteiger partial charge in [-0.2, -0.15) is 13.2 Å². The smallest absolute Gasteiger partial charge is 0.416 e. The van der Waals surface area contributed by atoms with Crippen LogP contribution in [0.2, 0.25) is 0 Å². The van der Waals surface area contributed by atoms with Crippen LogP contribution in [0.1, 0.15) is 24.5 Å². The molecule has 1 aromatic heterocycles. The standard InChI is InChI=1S/C18H15F3N2O2/c1-2-14-15(11-5-7-12(8-6-11)18(19,20)21)16(24)17(25)23(14)13-4-3-9-22-10-13/h3-10,14,24H,2H2,1H3. The molecule has 0 fully saturated rings. The predicted octanol–water partition coefficient (Wildman–Crippen LogP) is 4.19. The molecule has 1 unspecified atom stereocenters. The van der Waals surface area contributed by atoms with Crippen LogP contribution in [0.5, 0.6) is 0 Å². The molecule has 1 aliphatic rings. The fourth-order valence-corrected chi connectivity index (χ4v) is 3.01. The van der Waals surface area contributed by atoms with Gasteiger partial charge in [0.25, 0.3) is 5.91 Å². The second-order valence-electron chi connectivity index (χ2n) is 5.65. The molecule has 130 valence electrons. The van der Waals surface area contributed by atoms with Crippen LogP contribution in [0.15, 0.2) is 54.6 Å². The molecule has 2 heterocycles. The van der Waals surface area contributed by atoms with Gasteiger partial charge in [0.1, 0.15) is 0 Å². The summed E-state index contributed by atoms with van der Waals surface area (Å²) >= 11 is 0. The van der Waals surface area contributed by atoms with Gasteiger partial charge in [-0.1, -0.05) is 19.1 Å². The van der Waals surface area contributed by atoms with E-state index < -0.39 is 29.4 Å². The summed E-state index contributed by atoms with van der Waals surface area (Å²) in [5.41, 5.74) is 0.452. The highest BCUT2D eigenvalue weighted by atomic mass is 19.4. The molecule has 1 N–H and O–H groups in total. The quantitative estimate of drug-likeness (QED) is 0.905. The van der Waals surface area contributed by atoms with Gasteiger partial charge in [0.2, 0.25) is 0 Å². The van der Waals surface area contributed by atoms with Crippen molar-refractivity contribution in [3.05, 3.63) is 65.7 Å². The molecule has 1 amide bonds. The van der Waals surface area contributed by atoms with Crippen LogP contribution in [0.25, 0.3) is 5.57 Å². The van der Waals surface area contributed by atoms with Crippen LogP contribution in [0.3, 0.4) is 0 Å². The van der Waals surface area contributed by atoms with Crippen LogP contribution in [-0.4, -0.2) is 22.0 Å². The fraction of sp³-hybridized carbons (Fsp3) is 0.222. The van der Waals surface area contributed by atoms with E-state index in [0.29, 0.717) is 23.2 Å². The molecular weight excluding hydrogens is 333 g/mol. The van der Waals surface area contributed by atoms with Crippen LogP contribution in [-0.2, 0) is 11.0 Å². The minimum Gasteiger partial charge on any atom is -0.503 e. The summed E-state index contributed by atoms with van der Waals surface area (Å²) < 4.78 is 38.2. The third kappa shape index (κ3) is 2.97. The van der Waals surface area contributed by atoms with Crippen LogP contribution in [0.4, 0.5) is 18.9 Å². The first kappa shape index (κ1) is 17.0. The number of amides is 1. The van der Waals surface area contributed by atoms with Crippen molar-refractivity contribution in [2.45, 2.75) is 25.6 Å². The molecule has 7 heteroatoms. The van der Waals surface area contributed by atoms with E-state index in [1.807, 2.05) is 6.92 Å².